The Bertz CT molecular complexity index is 262. The molecule has 1 aliphatic rings. The maximum absolute atomic E-state index is 8.97. The van der Waals surface area contributed by atoms with Gasteiger partial charge in [-0.25, -0.2) is 0 Å². The third-order valence-corrected chi connectivity index (χ3v) is 1.75. The van der Waals surface area contributed by atoms with E-state index in [0.29, 0.717) is 6.54 Å². The summed E-state index contributed by atoms with van der Waals surface area (Å²) in [7, 11) is 0. The number of para-hydroxylation sites is 1. The van der Waals surface area contributed by atoms with E-state index in [9.17, 15) is 0 Å². The van der Waals surface area contributed by atoms with Crippen LogP contribution in [0.2, 0.25) is 0 Å². The van der Waals surface area contributed by atoms with Crippen LogP contribution in [0.15, 0.2) is 24.3 Å². The lowest BCUT2D eigenvalue weighted by Crippen LogP contribution is -2.30. The fourth-order valence-electron chi connectivity index (χ4n) is 1.17. The first-order chi connectivity index (χ1) is 5.36. The summed E-state index contributed by atoms with van der Waals surface area (Å²) in [6.45, 7) is 0.539. The molecule has 1 aromatic carbocycles. The Morgan fingerprint density at radius 1 is 1.36 bits per heavy atom. The van der Waals surface area contributed by atoms with Crippen LogP contribution in [0.1, 0.15) is 5.56 Å². The van der Waals surface area contributed by atoms with E-state index < -0.39 is 0 Å². The highest BCUT2D eigenvalue weighted by Gasteiger charge is 2.14. The predicted molar refractivity (Wildman–Crippen MR) is 39.3 cm³/mol. The van der Waals surface area contributed by atoms with E-state index in [1.54, 1.807) is 0 Å². The molecule has 0 spiro atoms. The maximum atomic E-state index is 8.97. The molecule has 3 heteroatoms. The van der Waals surface area contributed by atoms with Crippen LogP contribution >= 0.6 is 0 Å². The van der Waals surface area contributed by atoms with E-state index >= 15 is 0 Å². The minimum absolute atomic E-state index is 0.539. The Balaban J connectivity index is 2.34. The van der Waals surface area contributed by atoms with E-state index in [2.05, 4.69) is 0 Å². The van der Waals surface area contributed by atoms with E-state index in [1.807, 2.05) is 24.3 Å². The van der Waals surface area contributed by atoms with Gasteiger partial charge in [0, 0.05) is 0 Å². The summed E-state index contributed by atoms with van der Waals surface area (Å²) >= 11 is 0. The van der Waals surface area contributed by atoms with Gasteiger partial charge in [-0.15, -0.1) is 0 Å². The minimum atomic E-state index is 0.539. The van der Waals surface area contributed by atoms with Gasteiger partial charge in [-0.2, -0.15) is 0 Å². The molecule has 58 valence electrons. The van der Waals surface area contributed by atoms with Gasteiger partial charge in [0.05, 0.1) is 6.54 Å². The van der Waals surface area contributed by atoms with E-state index in [0.717, 1.165) is 23.0 Å². The standard InChI is InChI=1S/C8H9NO2/c10-9-6-5-7-3-1-2-4-8(7)11-9/h1-4,10H,5-6H2. The molecule has 0 radical (unpaired) electrons. The van der Waals surface area contributed by atoms with Crippen molar-refractivity contribution >= 4 is 0 Å². The topological polar surface area (TPSA) is 32.7 Å². The molecule has 2 rings (SSSR count). The van der Waals surface area contributed by atoms with Crippen molar-refractivity contribution < 1.29 is 10.0 Å². The summed E-state index contributed by atoms with van der Waals surface area (Å²) in [6.07, 6.45) is 0.840. The lowest BCUT2D eigenvalue weighted by molar-refractivity contribution is -0.286. The first-order valence-corrected chi connectivity index (χ1v) is 3.58. The molecule has 1 N–H and O–H groups in total. The third-order valence-electron chi connectivity index (χ3n) is 1.75. The molecule has 0 unspecified atom stereocenters. The quantitative estimate of drug-likeness (QED) is 0.605. The molecule has 11 heavy (non-hydrogen) atoms. The zero-order valence-corrected chi connectivity index (χ0v) is 6.03. The molecule has 0 amide bonds. The van der Waals surface area contributed by atoms with Crippen LogP contribution in [0, 0.1) is 0 Å². The average Bonchev–Trinajstić information content (AvgIpc) is 2.04. The van der Waals surface area contributed by atoms with Gasteiger partial charge in [0.1, 0.15) is 0 Å². The first-order valence-electron chi connectivity index (χ1n) is 3.58. The largest absolute Gasteiger partial charge is 0.380 e. The SMILES string of the molecule is ON1CCc2ccccc2O1. The lowest BCUT2D eigenvalue weighted by Gasteiger charge is -2.22. The van der Waals surface area contributed by atoms with Crippen molar-refractivity contribution in [2.24, 2.45) is 0 Å². The highest BCUT2D eigenvalue weighted by atomic mass is 16.9. The molecule has 0 fully saturated rings. The second-order valence-electron chi connectivity index (χ2n) is 2.52. The monoisotopic (exact) mass is 151 g/mol. The maximum Gasteiger partial charge on any atom is 0.153 e. The summed E-state index contributed by atoms with van der Waals surface area (Å²) in [6, 6.07) is 7.70. The van der Waals surface area contributed by atoms with Crippen molar-refractivity contribution in [2.45, 2.75) is 6.42 Å². The fourth-order valence-corrected chi connectivity index (χ4v) is 1.17. The molecule has 0 atom stereocenters. The van der Waals surface area contributed by atoms with Crippen molar-refractivity contribution in [1.29, 1.82) is 0 Å². The van der Waals surface area contributed by atoms with E-state index in [-0.39, 0.29) is 0 Å². The Morgan fingerprint density at radius 2 is 2.18 bits per heavy atom. The van der Waals surface area contributed by atoms with Crippen molar-refractivity contribution in [1.82, 2.24) is 5.23 Å². The number of benzene rings is 1. The number of rotatable bonds is 0. The van der Waals surface area contributed by atoms with Gasteiger partial charge < -0.3 is 4.84 Å². The molecule has 0 bridgehead atoms. The van der Waals surface area contributed by atoms with Crippen molar-refractivity contribution in [2.75, 3.05) is 6.54 Å². The summed E-state index contributed by atoms with van der Waals surface area (Å²) in [5.74, 6) is 0.751. The number of hydrogen-bond acceptors (Lipinski definition) is 3. The highest BCUT2D eigenvalue weighted by Crippen LogP contribution is 2.22. The molecule has 1 aliphatic heterocycles. The molecular weight excluding hydrogens is 142 g/mol. The zero-order chi connectivity index (χ0) is 7.68. The van der Waals surface area contributed by atoms with Gasteiger partial charge in [-0.3, -0.25) is 5.21 Å². The molecule has 0 saturated carbocycles. The normalized spacial score (nSPS) is 17.2. The predicted octanol–water partition coefficient (Wildman–Crippen LogP) is 1.23. The summed E-state index contributed by atoms with van der Waals surface area (Å²) in [5.41, 5.74) is 1.15. The Hall–Kier alpha value is -1.06. The van der Waals surface area contributed by atoms with Gasteiger partial charge in [0.2, 0.25) is 0 Å². The number of hydroxylamine groups is 2. The first kappa shape index (κ1) is 6.64. The van der Waals surface area contributed by atoms with Crippen LogP contribution in [0.25, 0.3) is 0 Å². The summed E-state index contributed by atoms with van der Waals surface area (Å²) in [5, 5.41) is 9.83. The molecular formula is C8H9NO2. The third kappa shape index (κ3) is 1.20. The molecule has 0 aromatic heterocycles. The fraction of sp³-hybridized carbons (Fsp3) is 0.250. The van der Waals surface area contributed by atoms with Gasteiger partial charge in [-0.1, -0.05) is 18.2 Å². The van der Waals surface area contributed by atoms with Crippen LogP contribution in [-0.2, 0) is 6.42 Å². The van der Waals surface area contributed by atoms with Crippen LogP contribution in [0.5, 0.6) is 5.75 Å². The van der Waals surface area contributed by atoms with Gasteiger partial charge in [0.15, 0.2) is 5.75 Å². The lowest BCUT2D eigenvalue weighted by atomic mass is 10.1. The van der Waals surface area contributed by atoms with Crippen LogP contribution < -0.4 is 4.84 Å². The summed E-state index contributed by atoms with van der Waals surface area (Å²) < 4.78 is 0. The molecule has 1 heterocycles. The molecule has 1 aromatic rings. The minimum Gasteiger partial charge on any atom is -0.380 e. The summed E-state index contributed by atoms with van der Waals surface area (Å²) in [4.78, 5) is 5.02. The van der Waals surface area contributed by atoms with Gasteiger partial charge in [-0.05, 0) is 23.3 Å². The van der Waals surface area contributed by atoms with Gasteiger partial charge in [0.25, 0.3) is 0 Å². The van der Waals surface area contributed by atoms with Crippen LogP contribution in [-0.4, -0.2) is 17.0 Å². The van der Waals surface area contributed by atoms with E-state index in [1.165, 1.54) is 0 Å². The Labute approximate surface area is 64.7 Å². The van der Waals surface area contributed by atoms with Crippen molar-refractivity contribution in [3.8, 4) is 5.75 Å². The van der Waals surface area contributed by atoms with Crippen molar-refractivity contribution in [3.63, 3.8) is 0 Å². The smallest absolute Gasteiger partial charge is 0.153 e. The number of hydrogen-bond donors (Lipinski definition) is 1. The highest BCUT2D eigenvalue weighted by molar-refractivity contribution is 5.34. The second kappa shape index (κ2) is 2.53. The van der Waals surface area contributed by atoms with Crippen LogP contribution in [0.3, 0.4) is 0 Å². The number of fused-ring (bicyclic) bond motifs is 1. The average molecular weight is 151 g/mol. The number of nitrogens with zero attached hydrogens (tertiary/aromatic N) is 1. The van der Waals surface area contributed by atoms with E-state index in [4.69, 9.17) is 10.0 Å². The Morgan fingerprint density at radius 3 is 3.09 bits per heavy atom. The molecule has 3 nitrogen and oxygen atoms in total. The van der Waals surface area contributed by atoms with Crippen molar-refractivity contribution in [3.05, 3.63) is 29.8 Å². The molecule has 0 aliphatic carbocycles. The van der Waals surface area contributed by atoms with Crippen LogP contribution in [0.4, 0.5) is 0 Å². The molecule has 0 saturated heterocycles. The van der Waals surface area contributed by atoms with Gasteiger partial charge >= 0.3 is 0 Å². The Kier molecular flexibility index (Phi) is 1.52. The zero-order valence-electron chi connectivity index (χ0n) is 6.03. The second-order valence-corrected chi connectivity index (χ2v) is 2.52.